The third kappa shape index (κ3) is 3.93. The summed E-state index contributed by atoms with van der Waals surface area (Å²) in [6.07, 6.45) is 0.620. The molecule has 0 saturated heterocycles. The molecule has 1 aromatic heterocycles. The van der Waals surface area contributed by atoms with Crippen LogP contribution in [0.1, 0.15) is 30.7 Å². The second kappa shape index (κ2) is 7.92. The van der Waals surface area contributed by atoms with E-state index >= 15 is 0 Å². The number of fused-ring (bicyclic) bond motifs is 1. The molecule has 0 fully saturated rings. The van der Waals surface area contributed by atoms with Crippen molar-refractivity contribution in [2.75, 3.05) is 24.7 Å². The smallest absolute Gasteiger partial charge is 0.284 e. The van der Waals surface area contributed by atoms with Crippen molar-refractivity contribution in [3.05, 3.63) is 69.7 Å². The molecule has 3 aromatic rings. The van der Waals surface area contributed by atoms with Crippen molar-refractivity contribution in [3.8, 4) is 5.75 Å². The molecule has 2 amide bonds. The molecular formula is C21H20N4O3S. The van der Waals surface area contributed by atoms with Gasteiger partial charge in [0.15, 0.2) is 5.01 Å². The average Bonchev–Trinajstić information content (AvgIpc) is 3.18. The molecule has 0 radical (unpaired) electrons. The van der Waals surface area contributed by atoms with Crippen molar-refractivity contribution in [2.24, 2.45) is 0 Å². The van der Waals surface area contributed by atoms with Crippen LogP contribution in [0.2, 0.25) is 0 Å². The Balaban J connectivity index is 1.47. The second-order valence-electron chi connectivity index (χ2n) is 6.64. The number of nitrogens with one attached hydrogen (secondary N) is 1. The highest BCUT2D eigenvalue weighted by atomic mass is 32.1. The van der Waals surface area contributed by atoms with Crippen molar-refractivity contribution >= 4 is 34.5 Å². The Bertz CT molecular complexity index is 1060. The predicted molar refractivity (Wildman–Crippen MR) is 112 cm³/mol. The molecule has 3 N–H and O–H groups in total. The van der Waals surface area contributed by atoms with Crippen LogP contribution < -0.4 is 15.8 Å². The molecule has 0 spiro atoms. The van der Waals surface area contributed by atoms with E-state index in [1.54, 1.807) is 48.4 Å². The lowest BCUT2D eigenvalue weighted by atomic mass is 10.1. The number of benzene rings is 2. The SMILES string of the molecule is COc1ccc(C(=O)N2CCc3nc(C(=O)Nc4ccccc4N)sc3C2)cc1. The lowest BCUT2D eigenvalue weighted by Crippen LogP contribution is -2.35. The minimum absolute atomic E-state index is 0.0465. The van der Waals surface area contributed by atoms with Gasteiger partial charge >= 0.3 is 0 Å². The highest BCUT2D eigenvalue weighted by Gasteiger charge is 2.26. The van der Waals surface area contributed by atoms with Gasteiger partial charge in [-0.05, 0) is 36.4 Å². The van der Waals surface area contributed by atoms with Crippen molar-refractivity contribution < 1.29 is 14.3 Å². The largest absolute Gasteiger partial charge is 0.497 e. The number of anilines is 2. The van der Waals surface area contributed by atoms with E-state index in [2.05, 4.69) is 10.3 Å². The zero-order chi connectivity index (χ0) is 20.4. The second-order valence-corrected chi connectivity index (χ2v) is 7.72. The van der Waals surface area contributed by atoms with Gasteiger partial charge < -0.3 is 20.7 Å². The number of rotatable bonds is 4. The minimum Gasteiger partial charge on any atom is -0.497 e. The first-order chi connectivity index (χ1) is 14.0. The average molecular weight is 408 g/mol. The number of hydrogen-bond donors (Lipinski definition) is 2. The predicted octanol–water partition coefficient (Wildman–Crippen LogP) is 3.18. The number of aromatic nitrogens is 1. The molecule has 0 bridgehead atoms. The van der Waals surface area contributed by atoms with Gasteiger partial charge in [0.2, 0.25) is 0 Å². The summed E-state index contributed by atoms with van der Waals surface area (Å²) in [5.74, 6) is 0.365. The van der Waals surface area contributed by atoms with Crippen molar-refractivity contribution in [1.29, 1.82) is 0 Å². The molecule has 0 atom stereocenters. The number of methoxy groups -OCH3 is 1. The lowest BCUT2D eigenvalue weighted by molar-refractivity contribution is 0.0736. The third-order valence-electron chi connectivity index (χ3n) is 4.76. The van der Waals surface area contributed by atoms with E-state index in [4.69, 9.17) is 10.5 Å². The maximum Gasteiger partial charge on any atom is 0.284 e. The number of para-hydroxylation sites is 2. The highest BCUT2D eigenvalue weighted by Crippen LogP contribution is 2.27. The fraction of sp³-hybridized carbons (Fsp3) is 0.190. The molecule has 29 heavy (non-hydrogen) atoms. The van der Waals surface area contributed by atoms with E-state index in [1.165, 1.54) is 11.3 Å². The molecule has 4 rings (SSSR count). The standard InChI is InChI=1S/C21H20N4O3S/c1-28-14-8-6-13(7-9-14)21(27)25-11-10-17-18(12-25)29-20(24-17)19(26)23-16-5-3-2-4-15(16)22/h2-9H,10-12,22H2,1H3,(H,23,26). The number of hydrogen-bond acceptors (Lipinski definition) is 6. The first-order valence-electron chi connectivity index (χ1n) is 9.13. The topological polar surface area (TPSA) is 97.5 Å². The zero-order valence-electron chi connectivity index (χ0n) is 15.8. The van der Waals surface area contributed by atoms with Gasteiger partial charge in [0.25, 0.3) is 11.8 Å². The summed E-state index contributed by atoms with van der Waals surface area (Å²) in [5.41, 5.74) is 8.42. The van der Waals surface area contributed by atoms with E-state index in [9.17, 15) is 9.59 Å². The first kappa shape index (κ1) is 18.9. The van der Waals surface area contributed by atoms with Crippen LogP contribution in [0.25, 0.3) is 0 Å². The Morgan fingerprint density at radius 3 is 2.66 bits per heavy atom. The lowest BCUT2D eigenvalue weighted by Gasteiger charge is -2.26. The molecular weight excluding hydrogens is 388 g/mol. The summed E-state index contributed by atoms with van der Waals surface area (Å²) >= 11 is 1.31. The van der Waals surface area contributed by atoms with Gasteiger partial charge in [-0.25, -0.2) is 4.98 Å². The van der Waals surface area contributed by atoms with E-state index in [0.717, 1.165) is 10.6 Å². The zero-order valence-corrected chi connectivity index (χ0v) is 16.7. The normalized spacial score (nSPS) is 12.9. The molecule has 1 aliphatic rings. The molecule has 8 heteroatoms. The number of ether oxygens (including phenoxy) is 1. The van der Waals surface area contributed by atoms with Crippen molar-refractivity contribution in [2.45, 2.75) is 13.0 Å². The Morgan fingerprint density at radius 1 is 1.17 bits per heavy atom. The molecule has 148 valence electrons. The number of carbonyl (C=O) groups excluding carboxylic acids is 2. The first-order valence-corrected chi connectivity index (χ1v) is 9.94. The van der Waals surface area contributed by atoms with Gasteiger partial charge in [-0.1, -0.05) is 12.1 Å². The summed E-state index contributed by atoms with van der Waals surface area (Å²) in [4.78, 5) is 32.6. The van der Waals surface area contributed by atoms with Crippen LogP contribution in [0.15, 0.2) is 48.5 Å². The van der Waals surface area contributed by atoms with Crippen molar-refractivity contribution in [1.82, 2.24) is 9.88 Å². The molecule has 2 aromatic carbocycles. The van der Waals surface area contributed by atoms with Gasteiger partial charge in [0.1, 0.15) is 5.75 Å². The van der Waals surface area contributed by atoms with Gasteiger partial charge in [-0.2, -0.15) is 0 Å². The number of amides is 2. The molecule has 0 unspecified atom stereocenters. The van der Waals surface area contributed by atoms with E-state index < -0.39 is 0 Å². The third-order valence-corrected chi connectivity index (χ3v) is 5.84. The molecule has 2 heterocycles. The maximum atomic E-state index is 12.8. The number of nitrogen functional groups attached to an aromatic ring is 1. The van der Waals surface area contributed by atoms with Crippen molar-refractivity contribution in [3.63, 3.8) is 0 Å². The number of carbonyl (C=O) groups is 2. The van der Waals surface area contributed by atoms with E-state index in [0.29, 0.717) is 47.2 Å². The van der Waals surface area contributed by atoms with Crippen LogP contribution in [0.3, 0.4) is 0 Å². The Kier molecular flexibility index (Phi) is 5.18. The van der Waals surface area contributed by atoms with Crippen LogP contribution in [0.5, 0.6) is 5.75 Å². The van der Waals surface area contributed by atoms with Crippen LogP contribution in [-0.2, 0) is 13.0 Å². The van der Waals surface area contributed by atoms with E-state index in [1.807, 2.05) is 12.1 Å². The molecule has 7 nitrogen and oxygen atoms in total. The number of nitrogens with two attached hydrogens (primary N) is 1. The van der Waals surface area contributed by atoms with Crippen LogP contribution in [0.4, 0.5) is 11.4 Å². The van der Waals surface area contributed by atoms with Gasteiger partial charge in [-0.15, -0.1) is 11.3 Å². The summed E-state index contributed by atoms with van der Waals surface area (Å²) in [6, 6.07) is 14.1. The van der Waals surface area contributed by atoms with Gasteiger partial charge in [-0.3, -0.25) is 9.59 Å². The van der Waals surface area contributed by atoms with Crippen LogP contribution in [-0.4, -0.2) is 35.4 Å². The quantitative estimate of drug-likeness (QED) is 0.646. The Labute approximate surface area is 172 Å². The molecule has 0 saturated carbocycles. The maximum absolute atomic E-state index is 12.8. The Morgan fingerprint density at radius 2 is 1.93 bits per heavy atom. The molecule has 0 aliphatic carbocycles. The van der Waals surface area contributed by atoms with Gasteiger partial charge in [0, 0.05) is 23.4 Å². The summed E-state index contributed by atoms with van der Waals surface area (Å²) in [6.45, 7) is 1.01. The summed E-state index contributed by atoms with van der Waals surface area (Å²) in [5, 5.41) is 3.17. The monoisotopic (exact) mass is 408 g/mol. The fourth-order valence-electron chi connectivity index (χ4n) is 3.17. The van der Waals surface area contributed by atoms with Gasteiger partial charge in [0.05, 0.1) is 30.7 Å². The number of thiazole rings is 1. The summed E-state index contributed by atoms with van der Waals surface area (Å²) < 4.78 is 5.14. The Hall–Kier alpha value is -3.39. The van der Waals surface area contributed by atoms with Crippen LogP contribution >= 0.6 is 11.3 Å². The number of nitrogens with zero attached hydrogens (tertiary/aromatic N) is 2. The minimum atomic E-state index is -0.296. The fourth-order valence-corrected chi connectivity index (χ4v) is 4.19. The van der Waals surface area contributed by atoms with Crippen LogP contribution in [0, 0.1) is 0 Å². The van der Waals surface area contributed by atoms with E-state index in [-0.39, 0.29) is 11.8 Å². The molecule has 1 aliphatic heterocycles. The summed E-state index contributed by atoms with van der Waals surface area (Å²) in [7, 11) is 1.59. The highest BCUT2D eigenvalue weighted by molar-refractivity contribution is 7.13.